The van der Waals surface area contributed by atoms with Crippen LogP contribution in [0.2, 0.25) is 0 Å². The van der Waals surface area contributed by atoms with Gasteiger partial charge in [0.2, 0.25) is 11.8 Å². The summed E-state index contributed by atoms with van der Waals surface area (Å²) in [4.78, 5) is 26.0. The topological polar surface area (TPSA) is 119 Å². The number of anilines is 5. The summed E-state index contributed by atoms with van der Waals surface area (Å²) in [6.45, 7) is 1.43. The van der Waals surface area contributed by atoms with Crippen LogP contribution >= 0.6 is 0 Å². The standard InChI is InChI=1S/C10H11FN2O.C10H12N2O.C6H7N/c11-8-6-7(12)3-4-9(8)13-5-1-2-10(13)14;11-8-3-5-9(6-4-8)12-7-1-2-10(12)13;7-6-4-2-1-3-5-6/h3-4,6H,1-2,5,12H2;3-6H,1-2,7,11H2;1-5H,7H2. The lowest BCUT2D eigenvalue weighted by atomic mass is 10.2. The molecule has 8 heteroatoms. The zero-order valence-corrected chi connectivity index (χ0v) is 19.0. The first-order valence-electron chi connectivity index (χ1n) is 11.2. The van der Waals surface area contributed by atoms with E-state index in [-0.39, 0.29) is 11.8 Å². The Morgan fingerprint density at radius 1 is 0.647 bits per heavy atom. The molecule has 3 aromatic carbocycles. The maximum atomic E-state index is 13.4. The van der Waals surface area contributed by atoms with Crippen molar-refractivity contribution in [3.63, 3.8) is 0 Å². The maximum absolute atomic E-state index is 13.4. The monoisotopic (exact) mass is 463 g/mol. The predicted molar refractivity (Wildman–Crippen MR) is 136 cm³/mol. The molecule has 34 heavy (non-hydrogen) atoms. The molecule has 0 bridgehead atoms. The molecule has 0 aromatic heterocycles. The molecule has 7 nitrogen and oxygen atoms in total. The van der Waals surface area contributed by atoms with E-state index >= 15 is 0 Å². The van der Waals surface area contributed by atoms with E-state index in [9.17, 15) is 14.0 Å². The number of carbonyl (C=O) groups is 2. The van der Waals surface area contributed by atoms with E-state index in [1.807, 2.05) is 54.6 Å². The third-order valence-electron chi connectivity index (χ3n) is 5.41. The number of halogens is 1. The number of rotatable bonds is 2. The van der Waals surface area contributed by atoms with Gasteiger partial charge in [0.25, 0.3) is 0 Å². The van der Waals surface area contributed by atoms with E-state index in [0.717, 1.165) is 36.4 Å². The number of benzene rings is 3. The highest BCUT2D eigenvalue weighted by Gasteiger charge is 2.24. The third-order valence-corrected chi connectivity index (χ3v) is 5.41. The number of carbonyl (C=O) groups excluding carboxylic acids is 2. The molecule has 0 radical (unpaired) electrons. The average Bonchev–Trinajstić information content (AvgIpc) is 3.44. The predicted octanol–water partition coefficient (Wildman–Crippen LogP) is 4.20. The zero-order valence-electron chi connectivity index (χ0n) is 19.0. The molecule has 2 heterocycles. The van der Waals surface area contributed by atoms with E-state index < -0.39 is 5.82 Å². The lowest BCUT2D eigenvalue weighted by Gasteiger charge is -2.16. The van der Waals surface area contributed by atoms with E-state index in [2.05, 4.69) is 0 Å². The van der Waals surface area contributed by atoms with Crippen LogP contribution in [0.1, 0.15) is 25.7 Å². The summed E-state index contributed by atoms with van der Waals surface area (Å²) in [5, 5.41) is 0. The number of nitrogen functional groups attached to an aromatic ring is 3. The van der Waals surface area contributed by atoms with E-state index in [0.29, 0.717) is 30.8 Å². The molecule has 0 atom stereocenters. The lowest BCUT2D eigenvalue weighted by Crippen LogP contribution is -2.24. The molecule has 5 rings (SSSR count). The highest BCUT2D eigenvalue weighted by atomic mass is 19.1. The van der Waals surface area contributed by atoms with Gasteiger partial charge in [-0.25, -0.2) is 4.39 Å². The lowest BCUT2D eigenvalue weighted by molar-refractivity contribution is -0.117. The molecule has 0 saturated carbocycles. The zero-order chi connectivity index (χ0) is 24.5. The first kappa shape index (κ1) is 24.6. The molecular weight excluding hydrogens is 433 g/mol. The summed E-state index contributed by atoms with van der Waals surface area (Å²) in [5.41, 5.74) is 19.5. The van der Waals surface area contributed by atoms with Gasteiger partial charge in [-0.2, -0.15) is 0 Å². The van der Waals surface area contributed by atoms with Crippen molar-refractivity contribution >= 4 is 40.3 Å². The summed E-state index contributed by atoms with van der Waals surface area (Å²) in [6.07, 6.45) is 2.93. The minimum absolute atomic E-state index is 0.0197. The van der Waals surface area contributed by atoms with Crippen LogP contribution in [0.4, 0.5) is 32.8 Å². The van der Waals surface area contributed by atoms with Gasteiger partial charge < -0.3 is 27.0 Å². The Hall–Kier alpha value is -4.07. The molecule has 0 aliphatic carbocycles. The molecule has 2 saturated heterocycles. The Morgan fingerprint density at radius 3 is 1.65 bits per heavy atom. The van der Waals surface area contributed by atoms with E-state index in [1.54, 1.807) is 17.0 Å². The van der Waals surface area contributed by atoms with Crippen LogP contribution in [0, 0.1) is 5.82 Å². The van der Waals surface area contributed by atoms with Crippen LogP contribution in [0.5, 0.6) is 0 Å². The van der Waals surface area contributed by atoms with Crippen LogP contribution in [0.15, 0.2) is 72.8 Å². The van der Waals surface area contributed by atoms with Gasteiger partial charge in [-0.1, -0.05) is 18.2 Å². The van der Waals surface area contributed by atoms with Crippen LogP contribution in [0.3, 0.4) is 0 Å². The van der Waals surface area contributed by atoms with Gasteiger partial charge >= 0.3 is 0 Å². The van der Waals surface area contributed by atoms with Gasteiger partial charge in [-0.15, -0.1) is 0 Å². The van der Waals surface area contributed by atoms with Crippen molar-refractivity contribution in [2.45, 2.75) is 25.7 Å². The van der Waals surface area contributed by atoms with Crippen LogP contribution in [-0.2, 0) is 9.59 Å². The average molecular weight is 464 g/mol. The normalized spacial score (nSPS) is 14.9. The fraction of sp³-hybridized carbons (Fsp3) is 0.231. The Kier molecular flexibility index (Phi) is 8.45. The quantitative estimate of drug-likeness (QED) is 0.492. The molecule has 6 N–H and O–H groups in total. The van der Waals surface area contributed by atoms with Crippen molar-refractivity contribution in [2.24, 2.45) is 0 Å². The van der Waals surface area contributed by atoms with Crippen molar-refractivity contribution in [3.8, 4) is 0 Å². The largest absolute Gasteiger partial charge is 0.399 e. The number of amides is 2. The Labute approximate surface area is 198 Å². The van der Waals surface area contributed by atoms with Crippen LogP contribution < -0.4 is 27.0 Å². The Bertz CT molecular complexity index is 1110. The van der Waals surface area contributed by atoms with Gasteiger partial charge in [0.15, 0.2) is 0 Å². The summed E-state index contributed by atoms with van der Waals surface area (Å²) in [5.74, 6) is -0.237. The molecule has 178 valence electrons. The smallest absolute Gasteiger partial charge is 0.227 e. The fourth-order valence-corrected chi connectivity index (χ4v) is 3.67. The van der Waals surface area contributed by atoms with Crippen molar-refractivity contribution < 1.29 is 14.0 Å². The second kappa shape index (κ2) is 11.7. The van der Waals surface area contributed by atoms with Crippen LogP contribution in [-0.4, -0.2) is 24.9 Å². The summed E-state index contributed by atoms with van der Waals surface area (Å²) in [7, 11) is 0. The highest BCUT2D eigenvalue weighted by Crippen LogP contribution is 2.25. The van der Waals surface area contributed by atoms with Gasteiger partial charge in [-0.05, 0) is 67.4 Å². The SMILES string of the molecule is Nc1ccc(N2CCCC2=O)c(F)c1.Nc1ccc(N2CCCC2=O)cc1.Nc1ccccc1. The third kappa shape index (κ3) is 6.71. The second-order valence-electron chi connectivity index (χ2n) is 8.01. The first-order valence-corrected chi connectivity index (χ1v) is 11.2. The van der Waals surface area contributed by atoms with Crippen molar-refractivity contribution in [1.29, 1.82) is 0 Å². The number of hydrogen-bond donors (Lipinski definition) is 3. The number of nitrogens with two attached hydrogens (primary N) is 3. The first-order chi connectivity index (χ1) is 16.3. The van der Waals surface area contributed by atoms with Gasteiger partial charge in [0.1, 0.15) is 5.82 Å². The Balaban J connectivity index is 0.000000151. The summed E-state index contributed by atoms with van der Waals surface area (Å²) >= 11 is 0. The molecule has 0 spiro atoms. The molecule has 2 aliphatic rings. The molecule has 0 unspecified atom stereocenters. The summed E-state index contributed by atoms with van der Waals surface area (Å²) in [6, 6.07) is 21.3. The molecule has 2 aliphatic heterocycles. The van der Waals surface area contributed by atoms with Crippen molar-refractivity contribution in [2.75, 3.05) is 40.1 Å². The van der Waals surface area contributed by atoms with Gasteiger partial charge in [0.05, 0.1) is 5.69 Å². The summed E-state index contributed by atoms with van der Waals surface area (Å²) < 4.78 is 13.4. The van der Waals surface area contributed by atoms with Crippen LogP contribution in [0.25, 0.3) is 0 Å². The number of hydrogen-bond acceptors (Lipinski definition) is 5. The molecule has 2 amide bonds. The van der Waals surface area contributed by atoms with Crippen molar-refractivity contribution in [3.05, 3.63) is 78.6 Å². The minimum atomic E-state index is -0.430. The number of nitrogens with zero attached hydrogens (tertiary/aromatic N) is 2. The highest BCUT2D eigenvalue weighted by molar-refractivity contribution is 5.96. The minimum Gasteiger partial charge on any atom is -0.399 e. The second-order valence-corrected chi connectivity index (χ2v) is 8.01. The van der Waals surface area contributed by atoms with Gasteiger partial charge in [-0.3, -0.25) is 9.59 Å². The maximum Gasteiger partial charge on any atom is 0.227 e. The molecule has 3 aromatic rings. The molecular formula is C26H30FN5O2. The van der Waals surface area contributed by atoms with Gasteiger partial charge in [0, 0.05) is 48.7 Å². The van der Waals surface area contributed by atoms with E-state index in [1.165, 1.54) is 11.0 Å². The fourth-order valence-electron chi connectivity index (χ4n) is 3.67. The van der Waals surface area contributed by atoms with E-state index in [4.69, 9.17) is 17.2 Å². The van der Waals surface area contributed by atoms with Crippen molar-refractivity contribution in [1.82, 2.24) is 0 Å². The number of para-hydroxylation sites is 1. The molecule has 2 fully saturated rings. The Morgan fingerprint density at radius 2 is 1.18 bits per heavy atom.